The minimum atomic E-state index is -0.987. The molecule has 19 heavy (non-hydrogen) atoms. The lowest BCUT2D eigenvalue weighted by atomic mass is 9.89. The third kappa shape index (κ3) is 3.83. The van der Waals surface area contributed by atoms with E-state index in [1.54, 1.807) is 6.92 Å². The van der Waals surface area contributed by atoms with Crippen LogP contribution in [-0.4, -0.2) is 29.6 Å². The lowest BCUT2D eigenvalue weighted by Crippen LogP contribution is -2.26. The number of carboxylic acid groups (broad SMARTS) is 1. The number of nitrogens with zero attached hydrogens (tertiary/aromatic N) is 1. The average Bonchev–Trinajstić information content (AvgIpc) is 2.71. The summed E-state index contributed by atoms with van der Waals surface area (Å²) in [5.74, 6) is 0.613. The van der Waals surface area contributed by atoms with Crippen molar-refractivity contribution < 1.29 is 14.3 Å². The molecule has 0 unspecified atom stereocenters. The third-order valence-electron chi connectivity index (χ3n) is 3.88. The summed E-state index contributed by atoms with van der Waals surface area (Å²) in [6, 6.07) is 1.83. The third-order valence-corrected chi connectivity index (χ3v) is 3.88. The maximum Gasteiger partial charge on any atom is 0.372 e. The van der Waals surface area contributed by atoms with Crippen LogP contribution >= 0.6 is 0 Å². The van der Waals surface area contributed by atoms with Crippen LogP contribution in [-0.2, 0) is 6.54 Å². The van der Waals surface area contributed by atoms with E-state index in [0.29, 0.717) is 12.1 Å². The highest BCUT2D eigenvalue weighted by Crippen LogP contribution is 2.25. The van der Waals surface area contributed by atoms with E-state index in [9.17, 15) is 4.79 Å². The molecule has 1 aliphatic rings. The second kappa shape index (κ2) is 6.24. The number of furan rings is 1. The number of hydrogen-bond acceptors (Lipinski definition) is 3. The van der Waals surface area contributed by atoms with E-state index < -0.39 is 5.97 Å². The highest BCUT2D eigenvalue weighted by Gasteiger charge is 2.18. The van der Waals surface area contributed by atoms with Gasteiger partial charge < -0.3 is 9.52 Å². The number of aryl methyl sites for hydroxylation is 1. The molecule has 1 heterocycles. The molecule has 0 amide bonds. The molecule has 0 aliphatic heterocycles. The molecule has 1 saturated carbocycles. The molecular weight excluding hydrogens is 242 g/mol. The molecule has 1 N–H and O–H groups in total. The van der Waals surface area contributed by atoms with Crippen LogP contribution in [0.3, 0.4) is 0 Å². The van der Waals surface area contributed by atoms with Crippen LogP contribution in [0, 0.1) is 12.8 Å². The Morgan fingerprint density at radius 2 is 2.11 bits per heavy atom. The molecular formula is C15H23NO3. The number of hydrogen-bond donors (Lipinski definition) is 1. The molecule has 106 valence electrons. The predicted molar refractivity (Wildman–Crippen MR) is 73.3 cm³/mol. The topological polar surface area (TPSA) is 53.7 Å². The quantitative estimate of drug-likeness (QED) is 0.887. The van der Waals surface area contributed by atoms with Gasteiger partial charge in [0.15, 0.2) is 0 Å². The summed E-state index contributed by atoms with van der Waals surface area (Å²) in [6.07, 6.45) is 6.71. The second-order valence-corrected chi connectivity index (χ2v) is 5.73. The summed E-state index contributed by atoms with van der Waals surface area (Å²) in [5.41, 5.74) is 0.702. The van der Waals surface area contributed by atoms with E-state index in [1.807, 2.05) is 6.07 Å². The van der Waals surface area contributed by atoms with Gasteiger partial charge in [-0.3, -0.25) is 4.90 Å². The zero-order valence-corrected chi connectivity index (χ0v) is 11.8. The first-order valence-corrected chi connectivity index (χ1v) is 7.07. The van der Waals surface area contributed by atoms with Gasteiger partial charge in [0.25, 0.3) is 0 Å². The molecule has 4 nitrogen and oxygen atoms in total. The summed E-state index contributed by atoms with van der Waals surface area (Å²) < 4.78 is 5.39. The van der Waals surface area contributed by atoms with Crippen molar-refractivity contribution in [2.75, 3.05) is 13.6 Å². The Kier molecular flexibility index (Phi) is 4.64. The molecule has 4 heteroatoms. The van der Waals surface area contributed by atoms with E-state index in [-0.39, 0.29) is 5.76 Å². The second-order valence-electron chi connectivity index (χ2n) is 5.73. The molecule has 0 aromatic carbocycles. The molecule has 0 spiro atoms. The van der Waals surface area contributed by atoms with Crippen LogP contribution in [0.2, 0.25) is 0 Å². The Hall–Kier alpha value is -1.29. The Balaban J connectivity index is 1.89. The monoisotopic (exact) mass is 265 g/mol. The van der Waals surface area contributed by atoms with Crippen LogP contribution in [0.4, 0.5) is 0 Å². The van der Waals surface area contributed by atoms with Crippen molar-refractivity contribution in [1.82, 2.24) is 4.90 Å². The van der Waals surface area contributed by atoms with Gasteiger partial charge in [0.05, 0.1) is 6.54 Å². The van der Waals surface area contributed by atoms with Gasteiger partial charge in [-0.2, -0.15) is 0 Å². The van der Waals surface area contributed by atoms with E-state index >= 15 is 0 Å². The lowest BCUT2D eigenvalue weighted by molar-refractivity contribution is 0.0657. The van der Waals surface area contributed by atoms with Gasteiger partial charge in [-0.05, 0) is 38.8 Å². The zero-order chi connectivity index (χ0) is 13.8. The molecule has 1 aromatic heterocycles. The number of rotatable bonds is 5. The van der Waals surface area contributed by atoms with Crippen LogP contribution < -0.4 is 0 Å². The standard InChI is InChI=1S/C15H23NO3/c1-11-8-13(19-14(11)15(17)18)10-16(2)9-12-6-4-3-5-7-12/h8,12H,3-7,9-10H2,1-2H3,(H,17,18). The lowest BCUT2D eigenvalue weighted by Gasteiger charge is -2.26. The van der Waals surface area contributed by atoms with Crippen molar-refractivity contribution in [1.29, 1.82) is 0 Å². The van der Waals surface area contributed by atoms with Crippen molar-refractivity contribution in [2.45, 2.75) is 45.6 Å². The fraction of sp³-hybridized carbons (Fsp3) is 0.667. The van der Waals surface area contributed by atoms with Crippen LogP contribution in [0.15, 0.2) is 10.5 Å². The molecule has 1 aromatic rings. The van der Waals surface area contributed by atoms with E-state index in [1.165, 1.54) is 32.1 Å². The Morgan fingerprint density at radius 3 is 2.68 bits per heavy atom. The minimum Gasteiger partial charge on any atom is -0.475 e. The number of carbonyl (C=O) groups is 1. The normalized spacial score (nSPS) is 17.0. The molecule has 1 fully saturated rings. The molecule has 0 bridgehead atoms. The summed E-state index contributed by atoms with van der Waals surface area (Å²) >= 11 is 0. The van der Waals surface area contributed by atoms with E-state index in [0.717, 1.165) is 18.2 Å². The van der Waals surface area contributed by atoms with Crippen LogP contribution in [0.5, 0.6) is 0 Å². The molecule has 1 aliphatic carbocycles. The summed E-state index contributed by atoms with van der Waals surface area (Å²) in [7, 11) is 2.08. The van der Waals surface area contributed by atoms with Crippen molar-refractivity contribution in [3.63, 3.8) is 0 Å². The van der Waals surface area contributed by atoms with Crippen LogP contribution in [0.1, 0.15) is 54.0 Å². The first-order chi connectivity index (χ1) is 9.06. The predicted octanol–water partition coefficient (Wildman–Crippen LogP) is 3.30. The molecule has 0 atom stereocenters. The van der Waals surface area contributed by atoms with E-state index in [4.69, 9.17) is 9.52 Å². The van der Waals surface area contributed by atoms with Gasteiger partial charge in [0.1, 0.15) is 5.76 Å². The maximum atomic E-state index is 10.9. The van der Waals surface area contributed by atoms with Crippen molar-refractivity contribution >= 4 is 5.97 Å². The van der Waals surface area contributed by atoms with Gasteiger partial charge in [-0.25, -0.2) is 4.79 Å². The first-order valence-electron chi connectivity index (χ1n) is 7.07. The SMILES string of the molecule is Cc1cc(CN(C)CC2CCCCC2)oc1C(=O)O. The van der Waals surface area contributed by atoms with Crippen molar-refractivity contribution in [3.05, 3.63) is 23.2 Å². The number of aromatic carboxylic acids is 1. The smallest absolute Gasteiger partial charge is 0.372 e. The fourth-order valence-electron chi connectivity index (χ4n) is 2.98. The highest BCUT2D eigenvalue weighted by atomic mass is 16.4. The largest absolute Gasteiger partial charge is 0.475 e. The minimum absolute atomic E-state index is 0.0704. The Morgan fingerprint density at radius 1 is 1.42 bits per heavy atom. The van der Waals surface area contributed by atoms with Crippen LogP contribution in [0.25, 0.3) is 0 Å². The summed E-state index contributed by atoms with van der Waals surface area (Å²) in [4.78, 5) is 13.2. The first kappa shape index (κ1) is 14.1. The zero-order valence-electron chi connectivity index (χ0n) is 11.8. The van der Waals surface area contributed by atoms with Gasteiger partial charge >= 0.3 is 5.97 Å². The summed E-state index contributed by atoms with van der Waals surface area (Å²) in [6.45, 7) is 3.53. The Labute approximate surface area is 114 Å². The fourth-order valence-corrected chi connectivity index (χ4v) is 2.98. The molecule has 0 saturated heterocycles. The number of carboxylic acids is 1. The van der Waals surface area contributed by atoms with Crippen molar-refractivity contribution in [2.24, 2.45) is 5.92 Å². The van der Waals surface area contributed by atoms with Gasteiger partial charge in [0, 0.05) is 12.1 Å². The van der Waals surface area contributed by atoms with Gasteiger partial charge in [-0.1, -0.05) is 19.3 Å². The summed E-state index contributed by atoms with van der Waals surface area (Å²) in [5, 5.41) is 8.97. The van der Waals surface area contributed by atoms with Crippen molar-refractivity contribution in [3.8, 4) is 0 Å². The van der Waals surface area contributed by atoms with Gasteiger partial charge in [0.2, 0.25) is 5.76 Å². The maximum absolute atomic E-state index is 10.9. The average molecular weight is 265 g/mol. The Bertz CT molecular complexity index is 433. The molecule has 2 rings (SSSR count). The van der Waals surface area contributed by atoms with E-state index in [2.05, 4.69) is 11.9 Å². The molecule has 0 radical (unpaired) electrons. The highest BCUT2D eigenvalue weighted by molar-refractivity contribution is 5.86. The van der Waals surface area contributed by atoms with Gasteiger partial charge in [-0.15, -0.1) is 0 Å².